The second kappa shape index (κ2) is 10.5. The summed E-state index contributed by atoms with van der Waals surface area (Å²) in [6.07, 6.45) is 2.92. The number of carbonyl (C=O) groups excluding carboxylic acids is 2. The minimum Gasteiger partial charge on any atom is -0.376 e. The van der Waals surface area contributed by atoms with Gasteiger partial charge in [-0.15, -0.1) is 0 Å². The maximum absolute atomic E-state index is 12.8. The standard InChI is InChI=1S/C22H26BrN3O5S/c1-15-12-16(9-10-19(15)23)26(32(2,29)30)14-21(27)25-20-8-4-3-7-18(20)22(28)24-13-17-6-5-11-31-17/h3-4,7-10,12,17H,5-6,11,13-14H2,1-2H3,(H,24,28)(H,25,27)/t17-/m1/s1. The van der Waals surface area contributed by atoms with Gasteiger partial charge in [-0.25, -0.2) is 8.42 Å². The highest BCUT2D eigenvalue weighted by molar-refractivity contribution is 9.10. The normalized spacial score (nSPS) is 15.9. The molecule has 2 amide bonds. The Morgan fingerprint density at radius 2 is 1.97 bits per heavy atom. The molecule has 2 aromatic rings. The molecule has 1 aliphatic heterocycles. The predicted octanol–water partition coefficient (Wildman–Crippen LogP) is 3.07. The minimum absolute atomic E-state index is 0.00149. The van der Waals surface area contributed by atoms with Crippen molar-refractivity contribution in [1.82, 2.24) is 5.32 Å². The summed E-state index contributed by atoms with van der Waals surface area (Å²) in [4.78, 5) is 25.4. The smallest absolute Gasteiger partial charge is 0.253 e. The minimum atomic E-state index is -3.72. The molecular formula is C22H26BrN3O5S. The molecule has 10 heteroatoms. The maximum Gasteiger partial charge on any atom is 0.253 e. The van der Waals surface area contributed by atoms with Gasteiger partial charge in [0, 0.05) is 17.6 Å². The van der Waals surface area contributed by atoms with Crippen LogP contribution >= 0.6 is 15.9 Å². The summed E-state index contributed by atoms with van der Waals surface area (Å²) in [7, 11) is -3.72. The van der Waals surface area contributed by atoms with Crippen molar-refractivity contribution in [3.8, 4) is 0 Å². The molecule has 32 heavy (non-hydrogen) atoms. The third-order valence-electron chi connectivity index (χ3n) is 5.08. The molecular weight excluding hydrogens is 498 g/mol. The monoisotopic (exact) mass is 523 g/mol. The summed E-state index contributed by atoms with van der Waals surface area (Å²) in [5, 5.41) is 5.50. The SMILES string of the molecule is Cc1cc(N(CC(=O)Nc2ccccc2C(=O)NC[C@H]2CCCO2)S(C)(=O)=O)ccc1Br. The van der Waals surface area contributed by atoms with E-state index >= 15 is 0 Å². The van der Waals surface area contributed by atoms with Gasteiger partial charge >= 0.3 is 0 Å². The van der Waals surface area contributed by atoms with Crippen molar-refractivity contribution in [2.75, 3.05) is 35.6 Å². The number of amides is 2. The van der Waals surface area contributed by atoms with E-state index in [1.807, 2.05) is 6.92 Å². The van der Waals surface area contributed by atoms with Crippen LogP contribution in [0.2, 0.25) is 0 Å². The third kappa shape index (κ3) is 6.30. The van der Waals surface area contributed by atoms with Crippen LogP contribution in [0, 0.1) is 6.92 Å². The molecule has 0 saturated carbocycles. The number of rotatable bonds is 8. The summed E-state index contributed by atoms with van der Waals surface area (Å²) in [6.45, 7) is 2.50. The van der Waals surface area contributed by atoms with Crippen LogP contribution in [-0.4, -0.2) is 52.3 Å². The van der Waals surface area contributed by atoms with Crippen LogP contribution in [0.15, 0.2) is 46.9 Å². The van der Waals surface area contributed by atoms with Crippen molar-refractivity contribution in [2.45, 2.75) is 25.9 Å². The average Bonchev–Trinajstić information content (AvgIpc) is 3.26. The van der Waals surface area contributed by atoms with Crippen molar-refractivity contribution in [3.05, 3.63) is 58.1 Å². The van der Waals surface area contributed by atoms with E-state index in [4.69, 9.17) is 4.74 Å². The zero-order valence-electron chi connectivity index (χ0n) is 17.9. The lowest BCUT2D eigenvalue weighted by Crippen LogP contribution is -2.38. The molecule has 0 bridgehead atoms. The molecule has 1 saturated heterocycles. The van der Waals surface area contributed by atoms with E-state index < -0.39 is 22.5 Å². The lowest BCUT2D eigenvalue weighted by Gasteiger charge is -2.23. The highest BCUT2D eigenvalue weighted by Crippen LogP contribution is 2.25. The van der Waals surface area contributed by atoms with Crippen molar-refractivity contribution >= 4 is 49.1 Å². The summed E-state index contributed by atoms with van der Waals surface area (Å²) in [5.41, 5.74) is 1.82. The first-order valence-corrected chi connectivity index (χ1v) is 12.8. The highest BCUT2D eigenvalue weighted by atomic mass is 79.9. The second-order valence-electron chi connectivity index (χ2n) is 7.64. The first kappa shape index (κ1) is 24.2. The van der Waals surface area contributed by atoms with E-state index in [1.54, 1.807) is 42.5 Å². The third-order valence-corrected chi connectivity index (χ3v) is 7.11. The molecule has 3 rings (SSSR count). The Kier molecular flexibility index (Phi) is 7.91. The highest BCUT2D eigenvalue weighted by Gasteiger charge is 2.23. The number of hydrogen-bond donors (Lipinski definition) is 2. The molecule has 0 spiro atoms. The summed E-state index contributed by atoms with van der Waals surface area (Å²) in [6, 6.07) is 11.6. The van der Waals surface area contributed by atoms with E-state index in [-0.39, 0.29) is 12.0 Å². The summed E-state index contributed by atoms with van der Waals surface area (Å²) in [5.74, 6) is -0.893. The predicted molar refractivity (Wildman–Crippen MR) is 127 cm³/mol. The van der Waals surface area contributed by atoms with Crippen LogP contribution in [-0.2, 0) is 19.6 Å². The molecule has 172 valence electrons. The van der Waals surface area contributed by atoms with Gasteiger partial charge in [0.2, 0.25) is 15.9 Å². The number of halogens is 1. The van der Waals surface area contributed by atoms with E-state index in [2.05, 4.69) is 26.6 Å². The Morgan fingerprint density at radius 1 is 1.22 bits per heavy atom. The average molecular weight is 524 g/mol. The number of aryl methyl sites for hydroxylation is 1. The molecule has 0 aromatic heterocycles. The van der Waals surface area contributed by atoms with Crippen molar-refractivity contribution < 1.29 is 22.7 Å². The van der Waals surface area contributed by atoms with Gasteiger partial charge in [0.1, 0.15) is 6.54 Å². The van der Waals surface area contributed by atoms with E-state index in [0.717, 1.165) is 33.4 Å². The van der Waals surface area contributed by atoms with Crippen molar-refractivity contribution in [2.24, 2.45) is 0 Å². The number of nitrogens with one attached hydrogen (secondary N) is 2. The number of ether oxygens (including phenoxy) is 1. The van der Waals surface area contributed by atoms with Gasteiger partial charge in [-0.1, -0.05) is 28.1 Å². The van der Waals surface area contributed by atoms with Crippen LogP contribution < -0.4 is 14.9 Å². The van der Waals surface area contributed by atoms with Crippen LogP contribution in [0.3, 0.4) is 0 Å². The van der Waals surface area contributed by atoms with Gasteiger partial charge in [0.15, 0.2) is 0 Å². The van der Waals surface area contributed by atoms with E-state index in [9.17, 15) is 18.0 Å². The number of anilines is 2. The quantitative estimate of drug-likeness (QED) is 0.553. The Morgan fingerprint density at radius 3 is 2.62 bits per heavy atom. The van der Waals surface area contributed by atoms with Crippen LogP contribution in [0.5, 0.6) is 0 Å². The first-order valence-electron chi connectivity index (χ1n) is 10.2. The van der Waals surface area contributed by atoms with Crippen LogP contribution in [0.25, 0.3) is 0 Å². The molecule has 0 radical (unpaired) electrons. The van der Waals surface area contributed by atoms with E-state index in [0.29, 0.717) is 30.1 Å². The number of benzene rings is 2. The second-order valence-corrected chi connectivity index (χ2v) is 10.4. The number of carbonyl (C=O) groups is 2. The molecule has 0 unspecified atom stereocenters. The maximum atomic E-state index is 12.8. The van der Waals surface area contributed by atoms with Gasteiger partial charge in [0.25, 0.3) is 5.91 Å². The van der Waals surface area contributed by atoms with Crippen LogP contribution in [0.4, 0.5) is 11.4 Å². The Labute approximate surface area is 196 Å². The van der Waals surface area contributed by atoms with Crippen molar-refractivity contribution in [3.63, 3.8) is 0 Å². The summed E-state index contributed by atoms with van der Waals surface area (Å²) >= 11 is 3.39. The number of para-hydroxylation sites is 1. The number of hydrogen-bond acceptors (Lipinski definition) is 5. The number of sulfonamides is 1. The van der Waals surface area contributed by atoms with Crippen molar-refractivity contribution in [1.29, 1.82) is 0 Å². The number of nitrogens with zero attached hydrogens (tertiary/aromatic N) is 1. The van der Waals surface area contributed by atoms with Gasteiger partial charge < -0.3 is 15.4 Å². The molecule has 1 atom stereocenters. The molecule has 8 nitrogen and oxygen atoms in total. The van der Waals surface area contributed by atoms with Gasteiger partial charge in [0.05, 0.1) is 29.3 Å². The Balaban J connectivity index is 1.72. The fourth-order valence-electron chi connectivity index (χ4n) is 3.40. The van der Waals surface area contributed by atoms with Gasteiger partial charge in [-0.05, 0) is 55.7 Å². The summed E-state index contributed by atoms with van der Waals surface area (Å²) < 4.78 is 32.1. The van der Waals surface area contributed by atoms with Gasteiger partial charge in [-0.2, -0.15) is 0 Å². The lowest BCUT2D eigenvalue weighted by atomic mass is 10.1. The Bertz CT molecular complexity index is 1100. The molecule has 1 fully saturated rings. The van der Waals surface area contributed by atoms with E-state index in [1.165, 1.54) is 0 Å². The molecule has 2 N–H and O–H groups in total. The molecule has 1 aliphatic rings. The largest absolute Gasteiger partial charge is 0.376 e. The lowest BCUT2D eigenvalue weighted by molar-refractivity contribution is -0.114. The fraction of sp³-hybridized carbons (Fsp3) is 0.364. The zero-order valence-corrected chi connectivity index (χ0v) is 20.3. The Hall–Kier alpha value is -2.43. The van der Waals surface area contributed by atoms with Crippen LogP contribution in [0.1, 0.15) is 28.8 Å². The molecule has 2 aromatic carbocycles. The molecule has 0 aliphatic carbocycles. The topological polar surface area (TPSA) is 105 Å². The first-order chi connectivity index (χ1) is 15.1. The van der Waals surface area contributed by atoms with Gasteiger partial charge in [-0.3, -0.25) is 13.9 Å². The zero-order chi connectivity index (χ0) is 23.3. The fourth-order valence-corrected chi connectivity index (χ4v) is 4.50. The molecule has 1 heterocycles.